The second-order valence-electron chi connectivity index (χ2n) is 10.5. The lowest BCUT2D eigenvalue weighted by Gasteiger charge is -2.40. The third-order valence-corrected chi connectivity index (χ3v) is 11.4. The van der Waals surface area contributed by atoms with E-state index in [9.17, 15) is 4.79 Å². The molecule has 2 heterocycles. The summed E-state index contributed by atoms with van der Waals surface area (Å²) >= 11 is 0. The summed E-state index contributed by atoms with van der Waals surface area (Å²) in [6.45, 7) is 12.9. The number of rotatable bonds is 5. The SMILES string of the molecule is COc1ccc2c(c1)CN1CCCC1=C(O[Si](C)(C)C(C)(C)C)N2C(=O)OCc1ccccc1. The van der Waals surface area contributed by atoms with Crippen LogP contribution in [0, 0.1) is 0 Å². The molecular weight excluding hydrogens is 444 g/mol. The Hall–Kier alpha value is -2.93. The average molecular weight is 481 g/mol. The number of carbonyl (C=O) groups excluding carboxylic acids is 1. The number of carbonyl (C=O) groups is 1. The first-order valence-corrected chi connectivity index (χ1v) is 14.9. The molecule has 2 aliphatic rings. The summed E-state index contributed by atoms with van der Waals surface area (Å²) < 4.78 is 18.3. The van der Waals surface area contributed by atoms with Crippen molar-refractivity contribution in [3.8, 4) is 5.75 Å². The molecule has 7 heteroatoms. The van der Waals surface area contributed by atoms with Crippen molar-refractivity contribution < 1.29 is 18.7 Å². The smallest absolute Gasteiger partial charge is 0.421 e. The van der Waals surface area contributed by atoms with Gasteiger partial charge < -0.3 is 18.8 Å². The number of benzene rings is 2. The van der Waals surface area contributed by atoms with Crippen LogP contribution in [0.4, 0.5) is 10.5 Å². The molecule has 0 saturated carbocycles. The molecule has 2 aromatic rings. The topological polar surface area (TPSA) is 51.2 Å². The Balaban J connectivity index is 1.79. The number of allylic oxidation sites excluding steroid dienone is 1. The van der Waals surface area contributed by atoms with Gasteiger partial charge in [-0.05, 0) is 60.3 Å². The molecule has 1 amide bonds. The molecule has 0 radical (unpaired) electrons. The Bertz CT molecular complexity index is 1080. The van der Waals surface area contributed by atoms with Crippen LogP contribution in [0.25, 0.3) is 0 Å². The molecule has 0 bridgehead atoms. The van der Waals surface area contributed by atoms with Crippen LogP contribution in [-0.4, -0.2) is 33.0 Å². The quantitative estimate of drug-likeness (QED) is 0.449. The maximum atomic E-state index is 13.7. The third kappa shape index (κ3) is 4.80. The minimum absolute atomic E-state index is 0.0152. The number of nitrogens with zero attached hydrogens (tertiary/aromatic N) is 2. The lowest BCUT2D eigenvalue weighted by Crippen LogP contribution is -2.45. The Labute approximate surface area is 204 Å². The fourth-order valence-electron chi connectivity index (χ4n) is 4.09. The van der Waals surface area contributed by atoms with Crippen molar-refractivity contribution in [2.24, 2.45) is 0 Å². The van der Waals surface area contributed by atoms with Crippen LogP contribution in [0.5, 0.6) is 5.75 Å². The van der Waals surface area contributed by atoms with Gasteiger partial charge in [-0.15, -0.1) is 0 Å². The Morgan fingerprint density at radius 3 is 2.50 bits per heavy atom. The summed E-state index contributed by atoms with van der Waals surface area (Å²) in [4.78, 5) is 17.7. The summed E-state index contributed by atoms with van der Waals surface area (Å²) in [6, 6.07) is 15.6. The third-order valence-electron chi connectivity index (χ3n) is 7.11. The molecule has 0 atom stereocenters. The van der Waals surface area contributed by atoms with Gasteiger partial charge in [-0.1, -0.05) is 51.1 Å². The van der Waals surface area contributed by atoms with Crippen LogP contribution in [0.1, 0.15) is 44.7 Å². The Morgan fingerprint density at radius 2 is 1.82 bits per heavy atom. The van der Waals surface area contributed by atoms with Crippen molar-refractivity contribution in [2.45, 2.75) is 64.9 Å². The van der Waals surface area contributed by atoms with Crippen molar-refractivity contribution in [3.05, 3.63) is 71.2 Å². The summed E-state index contributed by atoms with van der Waals surface area (Å²) in [5.41, 5.74) is 3.83. The van der Waals surface area contributed by atoms with Gasteiger partial charge in [0.1, 0.15) is 12.4 Å². The van der Waals surface area contributed by atoms with E-state index in [0.29, 0.717) is 12.4 Å². The number of hydrogen-bond acceptors (Lipinski definition) is 5. The molecule has 34 heavy (non-hydrogen) atoms. The molecule has 0 spiro atoms. The zero-order valence-corrected chi connectivity index (χ0v) is 22.2. The maximum absolute atomic E-state index is 13.7. The fourth-order valence-corrected chi connectivity index (χ4v) is 5.09. The highest BCUT2D eigenvalue weighted by atomic mass is 28.4. The number of anilines is 1. The van der Waals surface area contributed by atoms with Gasteiger partial charge in [-0.2, -0.15) is 0 Å². The average Bonchev–Trinajstić information content (AvgIpc) is 3.21. The zero-order valence-electron chi connectivity index (χ0n) is 21.2. The van der Waals surface area contributed by atoms with Crippen molar-refractivity contribution in [2.75, 3.05) is 18.6 Å². The molecule has 182 valence electrons. The van der Waals surface area contributed by atoms with Crippen LogP contribution < -0.4 is 9.64 Å². The molecular formula is C27H36N2O4Si. The monoisotopic (exact) mass is 480 g/mol. The first-order chi connectivity index (χ1) is 16.1. The van der Waals surface area contributed by atoms with E-state index in [-0.39, 0.29) is 11.6 Å². The van der Waals surface area contributed by atoms with Gasteiger partial charge in [-0.3, -0.25) is 0 Å². The summed E-state index contributed by atoms with van der Waals surface area (Å²) in [6.07, 6.45) is 1.48. The van der Waals surface area contributed by atoms with Crippen LogP contribution in [-0.2, 0) is 22.3 Å². The van der Waals surface area contributed by atoms with Gasteiger partial charge in [0, 0.05) is 13.1 Å². The van der Waals surface area contributed by atoms with Gasteiger partial charge in [-0.25, -0.2) is 9.69 Å². The summed E-state index contributed by atoms with van der Waals surface area (Å²) in [5.74, 6) is 1.40. The molecule has 1 fully saturated rings. The predicted octanol–water partition coefficient (Wildman–Crippen LogP) is 6.64. The number of hydrogen-bond donors (Lipinski definition) is 0. The summed E-state index contributed by atoms with van der Waals surface area (Å²) in [7, 11) is -0.584. The van der Waals surface area contributed by atoms with Crippen LogP contribution in [0.2, 0.25) is 18.1 Å². The highest BCUT2D eigenvalue weighted by molar-refractivity contribution is 6.74. The van der Waals surface area contributed by atoms with Crippen molar-refractivity contribution in [1.82, 2.24) is 4.90 Å². The van der Waals surface area contributed by atoms with E-state index >= 15 is 0 Å². The molecule has 0 aromatic heterocycles. The van der Waals surface area contributed by atoms with Gasteiger partial charge >= 0.3 is 6.09 Å². The predicted molar refractivity (Wildman–Crippen MR) is 137 cm³/mol. The van der Waals surface area contributed by atoms with E-state index in [1.165, 1.54) is 0 Å². The standard InChI is InChI=1S/C27H36N2O4Si/c1-27(2,3)34(5,6)33-25-24-13-10-16-28(24)18-21-17-22(31-4)14-15-23(21)29(25)26(30)32-19-20-11-8-7-9-12-20/h7-9,11-12,14-15,17H,10,13,16,18-19H2,1-6H3. The van der Waals surface area contributed by atoms with Crippen LogP contribution in [0.15, 0.2) is 60.1 Å². The highest BCUT2D eigenvalue weighted by Crippen LogP contribution is 2.44. The molecule has 6 nitrogen and oxygen atoms in total. The van der Waals surface area contributed by atoms with Crippen LogP contribution >= 0.6 is 0 Å². The van der Waals surface area contributed by atoms with E-state index in [2.05, 4.69) is 38.8 Å². The number of methoxy groups -OCH3 is 1. The van der Waals surface area contributed by atoms with Gasteiger partial charge in [0.2, 0.25) is 5.88 Å². The first kappa shape index (κ1) is 24.2. The lowest BCUT2D eigenvalue weighted by molar-refractivity contribution is 0.145. The number of amides is 1. The van der Waals surface area contributed by atoms with E-state index in [4.69, 9.17) is 13.9 Å². The van der Waals surface area contributed by atoms with E-state index in [0.717, 1.165) is 47.6 Å². The molecule has 1 saturated heterocycles. The van der Waals surface area contributed by atoms with E-state index < -0.39 is 14.4 Å². The Kier molecular flexibility index (Phi) is 6.67. The molecule has 0 N–H and O–H groups in total. The number of ether oxygens (including phenoxy) is 2. The zero-order chi connectivity index (χ0) is 24.5. The maximum Gasteiger partial charge on any atom is 0.421 e. The van der Waals surface area contributed by atoms with Gasteiger partial charge in [0.15, 0.2) is 0 Å². The molecule has 0 aliphatic carbocycles. The fraction of sp³-hybridized carbons (Fsp3) is 0.444. The van der Waals surface area contributed by atoms with Gasteiger partial charge in [0.25, 0.3) is 8.32 Å². The molecule has 2 aliphatic heterocycles. The minimum atomic E-state index is -2.25. The van der Waals surface area contributed by atoms with E-state index in [1.54, 1.807) is 12.0 Å². The second-order valence-corrected chi connectivity index (χ2v) is 15.2. The minimum Gasteiger partial charge on any atom is -0.530 e. The first-order valence-electron chi connectivity index (χ1n) is 12.0. The van der Waals surface area contributed by atoms with Crippen molar-refractivity contribution in [1.29, 1.82) is 0 Å². The number of fused-ring (bicyclic) bond motifs is 2. The van der Waals surface area contributed by atoms with Gasteiger partial charge in [0.05, 0.1) is 18.5 Å². The van der Waals surface area contributed by atoms with Crippen LogP contribution in [0.3, 0.4) is 0 Å². The van der Waals surface area contributed by atoms with Crippen molar-refractivity contribution in [3.63, 3.8) is 0 Å². The van der Waals surface area contributed by atoms with E-state index in [1.807, 2.05) is 48.5 Å². The Morgan fingerprint density at radius 1 is 1.09 bits per heavy atom. The van der Waals surface area contributed by atoms with Crippen molar-refractivity contribution >= 4 is 20.1 Å². The molecule has 4 rings (SSSR count). The lowest BCUT2D eigenvalue weighted by atomic mass is 10.1. The highest BCUT2D eigenvalue weighted by Gasteiger charge is 2.44. The second kappa shape index (κ2) is 9.37. The molecule has 0 unspecified atom stereocenters. The largest absolute Gasteiger partial charge is 0.530 e. The normalized spacial score (nSPS) is 16.1. The molecule has 2 aromatic carbocycles. The summed E-state index contributed by atoms with van der Waals surface area (Å²) in [5, 5.41) is -0.0152.